The van der Waals surface area contributed by atoms with Gasteiger partial charge < -0.3 is 5.32 Å². The number of benzene rings is 1. The summed E-state index contributed by atoms with van der Waals surface area (Å²) in [7, 11) is -3.73. The molecule has 1 spiro atoms. The Balaban J connectivity index is 1.92. The number of aromatic nitrogens is 1. The van der Waals surface area contributed by atoms with Crippen LogP contribution in [0.2, 0.25) is 0 Å². The van der Waals surface area contributed by atoms with Crippen LogP contribution in [0.5, 0.6) is 0 Å². The first-order valence-electron chi connectivity index (χ1n) is 9.54. The van der Waals surface area contributed by atoms with Crippen molar-refractivity contribution in [2.45, 2.75) is 31.7 Å². The third kappa shape index (κ3) is 2.59. The number of hydrogen-bond donors (Lipinski definition) is 1. The molecule has 7 nitrogen and oxygen atoms in total. The molecule has 2 aromatic rings. The molecule has 3 heterocycles. The van der Waals surface area contributed by atoms with E-state index in [9.17, 15) is 13.2 Å². The zero-order chi connectivity index (χ0) is 19.9. The number of amides is 1. The van der Waals surface area contributed by atoms with E-state index in [0.29, 0.717) is 19.5 Å². The van der Waals surface area contributed by atoms with E-state index in [2.05, 4.69) is 10.3 Å². The van der Waals surface area contributed by atoms with Gasteiger partial charge in [-0.15, -0.1) is 0 Å². The molecule has 1 fully saturated rings. The molecule has 2 atom stereocenters. The number of hydrogen-bond acceptors (Lipinski definition) is 4. The summed E-state index contributed by atoms with van der Waals surface area (Å²) in [6.45, 7) is 4.68. The lowest BCUT2D eigenvalue weighted by atomic mass is 9.73. The number of para-hydroxylation sites is 1. The molecule has 1 amide bonds. The van der Waals surface area contributed by atoms with Crippen molar-refractivity contribution in [2.75, 3.05) is 25.0 Å². The first kappa shape index (κ1) is 19.0. The lowest BCUT2D eigenvalue weighted by molar-refractivity contribution is -0.121. The molecule has 1 aromatic heterocycles. The van der Waals surface area contributed by atoms with Crippen LogP contribution >= 0.6 is 0 Å². The van der Waals surface area contributed by atoms with Crippen molar-refractivity contribution in [1.29, 1.82) is 0 Å². The SMILES string of the molecule is CCN(CC)S(=O)(=O)N1CCC2(C(=O)Nc3ccccc32)C1c1cccnc1. The Bertz CT molecular complexity index is 992. The number of anilines is 1. The summed E-state index contributed by atoms with van der Waals surface area (Å²) in [6.07, 6.45) is 3.74. The van der Waals surface area contributed by atoms with E-state index in [1.807, 2.05) is 44.2 Å². The molecule has 1 saturated heterocycles. The minimum atomic E-state index is -3.73. The number of nitrogens with zero attached hydrogens (tertiary/aromatic N) is 3. The zero-order valence-electron chi connectivity index (χ0n) is 16.0. The van der Waals surface area contributed by atoms with Gasteiger partial charge in [-0.3, -0.25) is 9.78 Å². The molecule has 2 aliphatic rings. The highest BCUT2D eigenvalue weighted by Crippen LogP contribution is 2.55. The fourth-order valence-electron chi connectivity index (χ4n) is 4.59. The Morgan fingerprint density at radius 2 is 1.96 bits per heavy atom. The van der Waals surface area contributed by atoms with Gasteiger partial charge in [-0.2, -0.15) is 17.0 Å². The Hall–Kier alpha value is -2.29. The van der Waals surface area contributed by atoms with E-state index in [1.54, 1.807) is 18.5 Å². The first-order valence-corrected chi connectivity index (χ1v) is 10.9. The van der Waals surface area contributed by atoms with E-state index in [1.165, 1.54) is 8.61 Å². The van der Waals surface area contributed by atoms with Crippen molar-refractivity contribution in [3.8, 4) is 0 Å². The normalized spacial score (nSPS) is 24.7. The van der Waals surface area contributed by atoms with Gasteiger partial charge in [0.1, 0.15) is 0 Å². The number of nitrogens with one attached hydrogen (secondary N) is 1. The van der Waals surface area contributed by atoms with E-state index in [-0.39, 0.29) is 12.5 Å². The minimum Gasteiger partial charge on any atom is -0.325 e. The highest BCUT2D eigenvalue weighted by Gasteiger charge is 2.61. The summed E-state index contributed by atoms with van der Waals surface area (Å²) in [4.78, 5) is 17.5. The molecule has 8 heteroatoms. The maximum Gasteiger partial charge on any atom is 0.282 e. The Morgan fingerprint density at radius 1 is 1.21 bits per heavy atom. The van der Waals surface area contributed by atoms with Crippen LogP contribution in [0, 0.1) is 0 Å². The molecule has 2 unspecified atom stereocenters. The van der Waals surface area contributed by atoms with Crippen LogP contribution in [0.4, 0.5) is 5.69 Å². The molecule has 0 aliphatic carbocycles. The van der Waals surface area contributed by atoms with Gasteiger partial charge in [0, 0.05) is 37.7 Å². The van der Waals surface area contributed by atoms with Gasteiger partial charge in [0.25, 0.3) is 10.2 Å². The minimum absolute atomic E-state index is 0.153. The van der Waals surface area contributed by atoms with Gasteiger partial charge in [0.05, 0.1) is 11.5 Å². The summed E-state index contributed by atoms with van der Waals surface area (Å²) in [5.41, 5.74) is 1.37. The standard InChI is InChI=1S/C20H24N4O3S/c1-3-23(4-2)28(26,27)24-13-11-20(18(24)15-8-7-12-21-14-15)16-9-5-6-10-17(16)22-19(20)25/h5-10,12,14,18H,3-4,11,13H2,1-2H3,(H,22,25). The van der Waals surface area contributed by atoms with Crippen LogP contribution in [-0.2, 0) is 20.4 Å². The third-order valence-corrected chi connectivity index (χ3v) is 8.03. The topological polar surface area (TPSA) is 82.6 Å². The van der Waals surface area contributed by atoms with Crippen molar-refractivity contribution < 1.29 is 13.2 Å². The summed E-state index contributed by atoms with van der Waals surface area (Å²) >= 11 is 0. The molecule has 0 radical (unpaired) electrons. The molecular formula is C20H24N4O3S. The van der Waals surface area contributed by atoms with Crippen LogP contribution < -0.4 is 5.32 Å². The van der Waals surface area contributed by atoms with Crippen molar-refractivity contribution in [3.05, 3.63) is 59.9 Å². The predicted molar refractivity (Wildman–Crippen MR) is 107 cm³/mol. The first-order chi connectivity index (χ1) is 13.5. The Kier molecular flexibility index (Phi) is 4.73. The largest absolute Gasteiger partial charge is 0.325 e. The van der Waals surface area contributed by atoms with Crippen LogP contribution in [-0.4, -0.2) is 47.6 Å². The second-order valence-corrected chi connectivity index (χ2v) is 8.99. The summed E-state index contributed by atoms with van der Waals surface area (Å²) in [5, 5.41) is 2.96. The maximum atomic E-state index is 13.4. The van der Waals surface area contributed by atoms with Crippen LogP contribution in [0.15, 0.2) is 48.8 Å². The monoisotopic (exact) mass is 400 g/mol. The van der Waals surface area contributed by atoms with Crippen LogP contribution in [0.25, 0.3) is 0 Å². The number of rotatable bonds is 5. The second kappa shape index (κ2) is 6.95. The number of carbonyl (C=O) groups excluding carboxylic acids is 1. The lowest BCUT2D eigenvalue weighted by Gasteiger charge is -2.35. The van der Waals surface area contributed by atoms with Crippen molar-refractivity contribution in [1.82, 2.24) is 13.6 Å². The predicted octanol–water partition coefficient (Wildman–Crippen LogP) is 2.31. The summed E-state index contributed by atoms with van der Waals surface area (Å²) in [5.74, 6) is -0.153. The maximum absolute atomic E-state index is 13.4. The lowest BCUT2D eigenvalue weighted by Crippen LogP contribution is -2.47. The summed E-state index contributed by atoms with van der Waals surface area (Å²) in [6, 6.07) is 10.5. The van der Waals surface area contributed by atoms with E-state index in [0.717, 1.165) is 16.8 Å². The van der Waals surface area contributed by atoms with Gasteiger partial charge in [0.2, 0.25) is 5.91 Å². The zero-order valence-corrected chi connectivity index (χ0v) is 16.8. The Labute approximate surface area is 165 Å². The fourth-order valence-corrected chi connectivity index (χ4v) is 6.43. The third-order valence-electron chi connectivity index (χ3n) is 5.87. The molecular weight excluding hydrogens is 376 g/mol. The fraction of sp³-hybridized carbons (Fsp3) is 0.400. The van der Waals surface area contributed by atoms with Crippen LogP contribution in [0.1, 0.15) is 37.4 Å². The quantitative estimate of drug-likeness (QED) is 0.835. The summed E-state index contributed by atoms with van der Waals surface area (Å²) < 4.78 is 29.8. The molecule has 0 bridgehead atoms. The highest BCUT2D eigenvalue weighted by molar-refractivity contribution is 7.86. The molecule has 4 rings (SSSR count). The van der Waals surface area contributed by atoms with Gasteiger partial charge in [-0.05, 0) is 29.7 Å². The highest BCUT2D eigenvalue weighted by atomic mass is 32.2. The van der Waals surface area contributed by atoms with Gasteiger partial charge in [-0.25, -0.2) is 0 Å². The van der Waals surface area contributed by atoms with E-state index < -0.39 is 21.7 Å². The van der Waals surface area contributed by atoms with Crippen LogP contribution in [0.3, 0.4) is 0 Å². The molecule has 28 heavy (non-hydrogen) atoms. The van der Waals surface area contributed by atoms with E-state index in [4.69, 9.17) is 0 Å². The molecule has 1 aromatic carbocycles. The number of carbonyl (C=O) groups is 1. The Morgan fingerprint density at radius 3 is 2.64 bits per heavy atom. The van der Waals surface area contributed by atoms with Gasteiger partial charge in [0.15, 0.2) is 0 Å². The van der Waals surface area contributed by atoms with Crippen molar-refractivity contribution in [2.24, 2.45) is 0 Å². The second-order valence-electron chi connectivity index (χ2n) is 7.11. The molecule has 2 aliphatic heterocycles. The molecule has 0 saturated carbocycles. The van der Waals surface area contributed by atoms with Gasteiger partial charge >= 0.3 is 0 Å². The molecule has 148 valence electrons. The van der Waals surface area contributed by atoms with Crippen molar-refractivity contribution >= 4 is 21.8 Å². The smallest absolute Gasteiger partial charge is 0.282 e. The number of fused-ring (bicyclic) bond motifs is 2. The van der Waals surface area contributed by atoms with E-state index >= 15 is 0 Å². The van der Waals surface area contributed by atoms with Crippen molar-refractivity contribution in [3.63, 3.8) is 0 Å². The average Bonchev–Trinajstić information content (AvgIpc) is 3.24. The molecule has 1 N–H and O–H groups in total. The number of pyridine rings is 1. The average molecular weight is 401 g/mol. The van der Waals surface area contributed by atoms with Gasteiger partial charge in [-0.1, -0.05) is 38.1 Å².